The maximum absolute atomic E-state index is 7.65. The van der Waals surface area contributed by atoms with Crippen molar-refractivity contribution in [2.45, 2.75) is 103 Å². The lowest BCUT2D eigenvalue weighted by molar-refractivity contribution is 0.332. The van der Waals surface area contributed by atoms with Crippen LogP contribution in [-0.4, -0.2) is 13.4 Å². The van der Waals surface area contributed by atoms with E-state index in [1.165, 1.54) is 33.2 Å². The molecule has 4 heterocycles. The van der Waals surface area contributed by atoms with Gasteiger partial charge in [-0.2, -0.15) is 0 Å². The van der Waals surface area contributed by atoms with E-state index in [1.54, 1.807) is 0 Å². The van der Waals surface area contributed by atoms with Crippen LogP contribution in [0.25, 0.3) is 0 Å². The molecule has 6 nitrogen and oxygen atoms in total. The number of nitrogens with zero attached hydrogens (tertiary/aromatic N) is 4. The third-order valence-corrected chi connectivity index (χ3v) is 21.2. The van der Waals surface area contributed by atoms with E-state index in [0.717, 1.165) is 139 Å². The summed E-state index contributed by atoms with van der Waals surface area (Å²) >= 11 is 0. The molecule has 0 saturated carbocycles. The van der Waals surface area contributed by atoms with Crippen molar-refractivity contribution in [3.8, 4) is 23.0 Å². The maximum atomic E-state index is 7.65. The van der Waals surface area contributed by atoms with Gasteiger partial charge in [-0.05, 0) is 199 Å². The van der Waals surface area contributed by atoms with E-state index in [1.807, 2.05) is 0 Å². The van der Waals surface area contributed by atoms with E-state index >= 15 is 0 Å². The Morgan fingerprint density at radius 3 is 1.04 bits per heavy atom. The van der Waals surface area contributed by atoms with Crippen molar-refractivity contribution in [1.29, 1.82) is 0 Å². The zero-order valence-corrected chi connectivity index (χ0v) is 52.7. The summed E-state index contributed by atoms with van der Waals surface area (Å²) < 4.78 is 15.3. The SMILES string of the molecule is CC1(C)CCC(C)(C)c2cc(N(c3ccccc3)c3cc4c5c(c3)N(c3ccccc3)c3ccccc3B5c3cc5c(cc3O4)Oc3cc(N(c4ccccc4)c4ccc6c(c4)C(C)(C)CCC6(C)C)cc4c3B5c3ccccc3N4c3ccccc3)ccc21. The van der Waals surface area contributed by atoms with Crippen molar-refractivity contribution in [3.05, 3.63) is 265 Å². The molecular weight excluding hydrogens is 1090 g/mol. The molecular formula is C82H72B2N4O2. The minimum atomic E-state index is -0.166. The summed E-state index contributed by atoms with van der Waals surface area (Å²) in [6.45, 7) is 19.0. The van der Waals surface area contributed by atoms with Crippen molar-refractivity contribution < 1.29 is 9.47 Å². The predicted molar refractivity (Wildman–Crippen MR) is 378 cm³/mol. The van der Waals surface area contributed by atoms with Gasteiger partial charge in [-0.25, -0.2) is 0 Å². The van der Waals surface area contributed by atoms with E-state index in [9.17, 15) is 0 Å². The number of rotatable bonds is 8. The Balaban J connectivity index is 0.882. The molecule has 4 aliphatic heterocycles. The fourth-order valence-corrected chi connectivity index (χ4v) is 16.3. The third kappa shape index (κ3) is 8.39. The molecule has 8 heteroatoms. The third-order valence-electron chi connectivity index (χ3n) is 21.2. The standard InChI is InChI=1S/C82H72B2N4O2/c1-79(2)41-43-81(5,6)63-45-57(37-39-61(63)79)85(53-25-13-9-14-26-53)59-47-71-77-75(49-59)89-73-52-74-68(51-67(73)83(77)65-33-21-23-35-69(65)87(71)55-29-17-11-18-30-55)84-66-34-22-24-36-70(66)88(56-31-19-12-20-32-56)72-48-60(50-76(90-74)78(72)84)86(54-27-15-10-16-28-54)58-38-40-62-64(46-58)82(7,8)44-42-80(62,3)4/h9-40,45-52H,41-44H2,1-8H3. The lowest BCUT2D eigenvalue weighted by Crippen LogP contribution is -2.63. The lowest BCUT2D eigenvalue weighted by Gasteiger charge is -2.43. The van der Waals surface area contributed by atoms with Gasteiger partial charge in [0.05, 0.1) is 11.4 Å². The Hall–Kier alpha value is -9.65. The first-order valence-electron chi connectivity index (χ1n) is 32.4. The second-order valence-corrected chi connectivity index (χ2v) is 28.5. The van der Waals surface area contributed by atoms with Crippen LogP contribution in [0.2, 0.25) is 0 Å². The Labute approximate surface area is 531 Å². The highest BCUT2D eigenvalue weighted by atomic mass is 16.5. The van der Waals surface area contributed by atoms with Crippen LogP contribution in [0.5, 0.6) is 23.0 Å². The van der Waals surface area contributed by atoms with Gasteiger partial charge in [0.25, 0.3) is 13.4 Å². The molecule has 0 spiro atoms. The minimum absolute atomic E-state index is 0.0164. The van der Waals surface area contributed by atoms with Crippen LogP contribution >= 0.6 is 0 Å². The molecule has 0 bridgehead atoms. The van der Waals surface area contributed by atoms with Crippen molar-refractivity contribution in [2.75, 3.05) is 19.6 Å². The molecule has 0 fully saturated rings. The average molecular weight is 1170 g/mol. The van der Waals surface area contributed by atoms with Crippen LogP contribution in [0.4, 0.5) is 68.2 Å². The van der Waals surface area contributed by atoms with Crippen molar-refractivity contribution in [3.63, 3.8) is 0 Å². The van der Waals surface area contributed by atoms with Gasteiger partial charge in [0.2, 0.25) is 0 Å². The second kappa shape index (κ2) is 19.9. The van der Waals surface area contributed by atoms with E-state index in [-0.39, 0.29) is 35.1 Å². The molecule has 17 rings (SSSR count). The molecule has 0 aromatic heterocycles. The number of fused-ring (bicyclic) bond motifs is 10. The molecule has 11 aromatic rings. The summed E-state index contributed by atoms with van der Waals surface area (Å²) in [4.78, 5) is 9.81. The van der Waals surface area contributed by atoms with Crippen molar-refractivity contribution >= 4 is 114 Å². The highest BCUT2D eigenvalue weighted by Gasteiger charge is 2.48. The number of para-hydroxylation sites is 6. The summed E-state index contributed by atoms with van der Waals surface area (Å²) in [6.07, 6.45) is 4.57. The Kier molecular flexibility index (Phi) is 12.1. The molecule has 0 N–H and O–H groups in total. The van der Waals surface area contributed by atoms with Gasteiger partial charge in [-0.3, -0.25) is 0 Å². The van der Waals surface area contributed by atoms with Crippen LogP contribution in [0.15, 0.2) is 243 Å². The van der Waals surface area contributed by atoms with Crippen molar-refractivity contribution in [1.82, 2.24) is 0 Å². The maximum Gasteiger partial charge on any atom is 0.256 e. The van der Waals surface area contributed by atoms with Gasteiger partial charge < -0.3 is 29.1 Å². The van der Waals surface area contributed by atoms with E-state index in [4.69, 9.17) is 9.47 Å². The summed E-state index contributed by atoms with van der Waals surface area (Å²) in [5.41, 5.74) is 26.0. The smallest absolute Gasteiger partial charge is 0.256 e. The van der Waals surface area contributed by atoms with Crippen LogP contribution in [0.1, 0.15) is 103 Å². The first kappa shape index (κ1) is 54.5. The number of anilines is 12. The second-order valence-electron chi connectivity index (χ2n) is 28.5. The van der Waals surface area contributed by atoms with Gasteiger partial charge in [0.15, 0.2) is 0 Å². The highest BCUT2D eigenvalue weighted by molar-refractivity contribution is 7.02. The molecule has 2 aliphatic carbocycles. The number of ether oxygens (including phenoxy) is 2. The molecule has 6 aliphatic rings. The van der Waals surface area contributed by atoms with Crippen LogP contribution in [-0.2, 0) is 21.7 Å². The van der Waals surface area contributed by atoms with Crippen LogP contribution in [0.3, 0.4) is 0 Å². The lowest BCUT2D eigenvalue weighted by atomic mass is 9.31. The van der Waals surface area contributed by atoms with Gasteiger partial charge in [0.1, 0.15) is 23.0 Å². The highest BCUT2D eigenvalue weighted by Crippen LogP contribution is 2.53. The number of benzene rings is 11. The molecule has 90 heavy (non-hydrogen) atoms. The molecule has 0 amide bonds. The van der Waals surface area contributed by atoms with Crippen LogP contribution < -0.4 is 61.9 Å². The zero-order chi connectivity index (χ0) is 61.0. The average Bonchev–Trinajstić information content (AvgIpc) is 0.827. The Morgan fingerprint density at radius 1 is 0.289 bits per heavy atom. The van der Waals surface area contributed by atoms with E-state index in [2.05, 4.69) is 318 Å². The summed E-state index contributed by atoms with van der Waals surface area (Å²) in [5.74, 6) is 3.24. The zero-order valence-electron chi connectivity index (χ0n) is 52.7. The normalized spacial score (nSPS) is 16.7. The van der Waals surface area contributed by atoms with Gasteiger partial charge in [-0.15, -0.1) is 0 Å². The van der Waals surface area contributed by atoms with Gasteiger partial charge in [0, 0.05) is 75.1 Å². The summed E-state index contributed by atoms with van der Waals surface area (Å²) in [5, 5.41) is 0. The molecule has 0 saturated heterocycles. The summed E-state index contributed by atoms with van der Waals surface area (Å²) in [6, 6.07) is 90.1. The van der Waals surface area contributed by atoms with Crippen molar-refractivity contribution in [2.24, 2.45) is 0 Å². The minimum Gasteiger partial charge on any atom is -0.458 e. The number of hydrogen-bond donors (Lipinski definition) is 0. The van der Waals surface area contributed by atoms with Crippen LogP contribution in [0, 0.1) is 0 Å². The van der Waals surface area contributed by atoms with Gasteiger partial charge >= 0.3 is 0 Å². The Morgan fingerprint density at radius 2 is 0.644 bits per heavy atom. The Bertz CT molecular complexity index is 4420. The molecule has 11 aromatic carbocycles. The fraction of sp³-hybridized carbons (Fsp3) is 0.195. The first-order chi connectivity index (χ1) is 43.6. The van der Waals surface area contributed by atoms with E-state index in [0.29, 0.717) is 0 Å². The molecule has 438 valence electrons. The first-order valence-corrected chi connectivity index (χ1v) is 32.4. The molecule has 0 atom stereocenters. The van der Waals surface area contributed by atoms with E-state index < -0.39 is 0 Å². The fourth-order valence-electron chi connectivity index (χ4n) is 16.3. The monoisotopic (exact) mass is 1170 g/mol. The molecule has 0 radical (unpaired) electrons. The quantitative estimate of drug-likeness (QED) is 0.141. The predicted octanol–water partition coefficient (Wildman–Crippen LogP) is 18.1. The number of hydrogen-bond acceptors (Lipinski definition) is 6. The molecule has 0 unspecified atom stereocenters. The summed E-state index contributed by atoms with van der Waals surface area (Å²) in [7, 11) is 0. The largest absolute Gasteiger partial charge is 0.458 e. The van der Waals surface area contributed by atoms with Gasteiger partial charge in [-0.1, -0.05) is 183 Å². The topological polar surface area (TPSA) is 31.4 Å².